The van der Waals surface area contributed by atoms with Crippen molar-refractivity contribution in [2.75, 3.05) is 10.8 Å². The number of halogens is 3. The predicted octanol–water partition coefficient (Wildman–Crippen LogP) is 7.93. The molecule has 0 radical (unpaired) electrons. The number of amides is 2. The number of carbonyl (C=O) groups is 2. The van der Waals surface area contributed by atoms with Gasteiger partial charge in [-0.05, 0) is 60.4 Å². The largest absolute Gasteiger partial charge is 0.352 e. The maximum Gasteiger partial charge on any atom is 0.264 e. The van der Waals surface area contributed by atoms with Gasteiger partial charge in [-0.25, -0.2) is 8.42 Å². The van der Waals surface area contributed by atoms with Crippen molar-refractivity contribution in [1.29, 1.82) is 0 Å². The Labute approximate surface area is 291 Å². The molecule has 0 aliphatic heterocycles. The highest BCUT2D eigenvalue weighted by Crippen LogP contribution is 2.31. The van der Waals surface area contributed by atoms with Crippen LogP contribution in [0.3, 0.4) is 0 Å². The lowest BCUT2D eigenvalue weighted by molar-refractivity contribution is -0.140. The average molecular weight is 713 g/mol. The Morgan fingerprint density at radius 3 is 2.04 bits per heavy atom. The zero-order valence-electron chi connectivity index (χ0n) is 25.7. The molecule has 1 aliphatic rings. The number of nitrogens with zero attached hydrogens (tertiary/aromatic N) is 2. The number of carbonyl (C=O) groups excluding carboxylic acids is 2. The number of benzene rings is 4. The molecule has 1 fully saturated rings. The fraction of sp³-hybridized carbons (Fsp3) is 0.278. The van der Waals surface area contributed by atoms with Gasteiger partial charge in [0, 0.05) is 19.0 Å². The van der Waals surface area contributed by atoms with E-state index >= 15 is 0 Å². The fourth-order valence-corrected chi connectivity index (χ4v) is 7.88. The SMILES string of the molecule is O=C(NC1CCCCC1)[C@H](Cc1ccccc1)N(Cc1ccc(Cl)c(Cl)c1)C(=O)CN(c1ccccc1Cl)S(=O)(=O)c1ccccc1. The van der Waals surface area contributed by atoms with Crippen molar-refractivity contribution in [3.63, 3.8) is 0 Å². The average Bonchev–Trinajstić information content (AvgIpc) is 3.08. The first kappa shape index (κ1) is 34.8. The second kappa shape index (κ2) is 16.0. The second-order valence-electron chi connectivity index (χ2n) is 11.6. The van der Waals surface area contributed by atoms with Crippen LogP contribution in [-0.4, -0.2) is 43.8 Å². The van der Waals surface area contributed by atoms with E-state index in [0.29, 0.717) is 15.6 Å². The van der Waals surface area contributed by atoms with Gasteiger partial charge in [0.05, 0.1) is 25.7 Å². The first-order valence-corrected chi connectivity index (χ1v) is 18.1. The van der Waals surface area contributed by atoms with E-state index in [9.17, 15) is 18.0 Å². The Balaban J connectivity index is 1.58. The van der Waals surface area contributed by atoms with Crippen LogP contribution in [0, 0.1) is 0 Å². The number of anilines is 1. The molecular formula is C36H36Cl3N3O4S. The smallest absolute Gasteiger partial charge is 0.264 e. The Bertz CT molecular complexity index is 1790. The molecule has 0 heterocycles. The molecule has 1 saturated carbocycles. The quantitative estimate of drug-likeness (QED) is 0.162. The summed E-state index contributed by atoms with van der Waals surface area (Å²) < 4.78 is 29.3. The summed E-state index contributed by atoms with van der Waals surface area (Å²) in [4.78, 5) is 30.3. The number of hydrogen-bond acceptors (Lipinski definition) is 4. The summed E-state index contributed by atoms with van der Waals surface area (Å²) in [5.41, 5.74) is 1.63. The third-order valence-electron chi connectivity index (χ3n) is 8.29. The minimum absolute atomic E-state index is 0.000343. The molecule has 47 heavy (non-hydrogen) atoms. The molecule has 0 bridgehead atoms. The summed E-state index contributed by atoms with van der Waals surface area (Å²) in [6, 6.07) is 27.8. The molecule has 4 aromatic carbocycles. The van der Waals surface area contributed by atoms with Crippen LogP contribution in [0.1, 0.15) is 43.2 Å². The van der Waals surface area contributed by atoms with E-state index in [2.05, 4.69) is 5.32 Å². The van der Waals surface area contributed by atoms with Gasteiger partial charge in [0.25, 0.3) is 10.0 Å². The zero-order valence-corrected chi connectivity index (χ0v) is 28.8. The minimum Gasteiger partial charge on any atom is -0.352 e. The van der Waals surface area contributed by atoms with Crippen LogP contribution in [0.2, 0.25) is 15.1 Å². The second-order valence-corrected chi connectivity index (χ2v) is 14.7. The van der Waals surface area contributed by atoms with Crippen molar-refractivity contribution in [1.82, 2.24) is 10.2 Å². The minimum atomic E-state index is -4.26. The molecule has 0 saturated heterocycles. The van der Waals surface area contributed by atoms with E-state index in [-0.39, 0.29) is 40.5 Å². The van der Waals surface area contributed by atoms with Crippen LogP contribution < -0.4 is 9.62 Å². The lowest BCUT2D eigenvalue weighted by Gasteiger charge is -2.35. The number of hydrogen-bond donors (Lipinski definition) is 1. The van der Waals surface area contributed by atoms with Gasteiger partial charge in [-0.3, -0.25) is 13.9 Å². The van der Waals surface area contributed by atoms with Gasteiger partial charge in [0.2, 0.25) is 11.8 Å². The van der Waals surface area contributed by atoms with Crippen LogP contribution in [-0.2, 0) is 32.6 Å². The molecule has 246 valence electrons. The molecule has 11 heteroatoms. The Morgan fingerprint density at radius 2 is 1.38 bits per heavy atom. The predicted molar refractivity (Wildman–Crippen MR) is 188 cm³/mol. The van der Waals surface area contributed by atoms with Crippen molar-refractivity contribution in [3.8, 4) is 0 Å². The molecular weight excluding hydrogens is 677 g/mol. The normalized spacial score (nSPS) is 14.3. The highest BCUT2D eigenvalue weighted by atomic mass is 35.5. The van der Waals surface area contributed by atoms with Crippen molar-refractivity contribution < 1.29 is 18.0 Å². The molecule has 7 nitrogen and oxygen atoms in total. The molecule has 0 unspecified atom stereocenters. The first-order valence-electron chi connectivity index (χ1n) is 15.5. The van der Waals surface area contributed by atoms with Gasteiger partial charge in [-0.2, -0.15) is 0 Å². The summed E-state index contributed by atoms with van der Waals surface area (Å²) in [6.07, 6.45) is 5.09. The Hall–Kier alpha value is -3.56. The molecule has 0 spiro atoms. The topological polar surface area (TPSA) is 86.8 Å². The van der Waals surface area contributed by atoms with Crippen LogP contribution in [0.5, 0.6) is 0 Å². The van der Waals surface area contributed by atoms with Crippen molar-refractivity contribution in [3.05, 3.63) is 129 Å². The van der Waals surface area contributed by atoms with Gasteiger partial charge in [0.1, 0.15) is 12.6 Å². The molecule has 1 atom stereocenters. The van der Waals surface area contributed by atoms with Gasteiger partial charge in [0.15, 0.2) is 0 Å². The summed E-state index contributed by atoms with van der Waals surface area (Å²) in [5, 5.41) is 4.01. The Kier molecular flexibility index (Phi) is 11.9. The summed E-state index contributed by atoms with van der Waals surface area (Å²) in [7, 11) is -4.26. The monoisotopic (exact) mass is 711 g/mol. The van der Waals surface area contributed by atoms with Crippen molar-refractivity contribution in [2.45, 2.75) is 62.0 Å². The maximum absolute atomic E-state index is 14.6. The van der Waals surface area contributed by atoms with Gasteiger partial charge < -0.3 is 10.2 Å². The molecule has 5 rings (SSSR count). The van der Waals surface area contributed by atoms with E-state index in [0.717, 1.165) is 42.0 Å². The van der Waals surface area contributed by atoms with E-state index in [4.69, 9.17) is 34.8 Å². The standard InChI is InChI=1S/C36H36Cl3N3O4S/c37-30-21-20-27(22-32(30)39)24-41(34(23-26-12-4-1-5-13-26)36(44)40-28-14-6-2-7-15-28)35(43)25-42(33-19-11-10-18-31(33)38)47(45,46)29-16-8-3-9-17-29/h1,3-5,8-13,16-22,28,34H,2,6-7,14-15,23-25H2,(H,40,44)/t34-/m0/s1. The lowest BCUT2D eigenvalue weighted by Crippen LogP contribution is -2.55. The van der Waals surface area contributed by atoms with Crippen molar-refractivity contribution in [2.24, 2.45) is 0 Å². The lowest BCUT2D eigenvalue weighted by atomic mass is 9.94. The zero-order chi connectivity index (χ0) is 33.4. The van der Waals surface area contributed by atoms with Gasteiger partial charge >= 0.3 is 0 Å². The van der Waals surface area contributed by atoms with Crippen molar-refractivity contribution >= 4 is 62.3 Å². The maximum atomic E-state index is 14.6. The van der Waals surface area contributed by atoms with Crippen LogP contribution in [0.15, 0.2) is 108 Å². The third kappa shape index (κ3) is 8.87. The molecule has 0 aromatic heterocycles. The van der Waals surface area contributed by atoms with E-state index in [1.807, 2.05) is 30.3 Å². The number of nitrogens with one attached hydrogen (secondary N) is 1. The summed E-state index contributed by atoms with van der Waals surface area (Å²) in [5.74, 6) is -0.889. The third-order valence-corrected chi connectivity index (χ3v) is 11.1. The van der Waals surface area contributed by atoms with Gasteiger partial charge in [-0.15, -0.1) is 0 Å². The van der Waals surface area contributed by atoms with Gasteiger partial charge in [-0.1, -0.05) is 121 Å². The molecule has 2 amide bonds. The summed E-state index contributed by atoms with van der Waals surface area (Å²) in [6.45, 7) is -0.628. The van der Waals surface area contributed by atoms with E-state index < -0.39 is 28.5 Å². The van der Waals surface area contributed by atoms with Crippen LogP contribution in [0.4, 0.5) is 5.69 Å². The van der Waals surface area contributed by atoms with Crippen LogP contribution >= 0.6 is 34.8 Å². The van der Waals surface area contributed by atoms with E-state index in [1.54, 1.807) is 60.7 Å². The number of rotatable bonds is 12. The molecule has 1 aliphatic carbocycles. The summed E-state index contributed by atoms with van der Waals surface area (Å²) >= 11 is 19.1. The first-order chi connectivity index (χ1) is 22.6. The highest BCUT2D eigenvalue weighted by Gasteiger charge is 2.36. The number of para-hydroxylation sites is 1. The Morgan fingerprint density at radius 1 is 0.745 bits per heavy atom. The van der Waals surface area contributed by atoms with E-state index in [1.165, 1.54) is 17.0 Å². The van der Waals surface area contributed by atoms with Crippen LogP contribution in [0.25, 0.3) is 0 Å². The molecule has 1 N–H and O–H groups in total. The fourth-order valence-electron chi connectivity index (χ4n) is 5.82. The highest BCUT2D eigenvalue weighted by molar-refractivity contribution is 7.92. The number of sulfonamides is 1. The molecule has 4 aromatic rings.